The lowest BCUT2D eigenvalue weighted by Gasteiger charge is -2.40. The van der Waals surface area contributed by atoms with Gasteiger partial charge in [-0.3, -0.25) is 19.0 Å². The fourth-order valence-electron chi connectivity index (χ4n) is 3.78. The van der Waals surface area contributed by atoms with Gasteiger partial charge < -0.3 is 0 Å². The Kier molecular flexibility index (Phi) is 6.54. The number of hydrogen-bond donors (Lipinski definition) is 2. The molecule has 0 spiro atoms. The molecular weight excluding hydrogens is 497 g/mol. The number of anilines is 2. The second-order valence-electron chi connectivity index (χ2n) is 7.58. The van der Waals surface area contributed by atoms with Crippen LogP contribution >= 0.6 is 22.7 Å². The summed E-state index contributed by atoms with van der Waals surface area (Å²) >= 11 is 2.97. The molecule has 2 aromatic heterocycles. The number of rotatable bonds is 7. The third-order valence-corrected chi connectivity index (χ3v) is 7.63. The molecule has 11 heteroatoms. The SMILES string of the molecule is CC(=O)N(c1cccc(F)c1)[C@@](C)(c1ccc(NS(=O)(=O)O)cc1)c1csc(-c2cccs2)n1. The van der Waals surface area contributed by atoms with Gasteiger partial charge in [-0.2, -0.15) is 8.42 Å². The van der Waals surface area contributed by atoms with E-state index in [0.29, 0.717) is 16.9 Å². The van der Waals surface area contributed by atoms with Crippen LogP contribution in [-0.4, -0.2) is 23.9 Å². The highest BCUT2D eigenvalue weighted by Crippen LogP contribution is 2.41. The Balaban J connectivity index is 1.89. The van der Waals surface area contributed by atoms with Crippen LogP contribution in [0.25, 0.3) is 9.88 Å². The van der Waals surface area contributed by atoms with Crippen molar-refractivity contribution in [3.8, 4) is 9.88 Å². The molecule has 34 heavy (non-hydrogen) atoms. The van der Waals surface area contributed by atoms with Crippen LogP contribution in [0.3, 0.4) is 0 Å². The minimum atomic E-state index is -4.44. The van der Waals surface area contributed by atoms with Crippen molar-refractivity contribution >= 4 is 50.3 Å². The zero-order chi connectivity index (χ0) is 24.5. The number of thiophene rings is 1. The van der Waals surface area contributed by atoms with Gasteiger partial charge in [0.15, 0.2) is 0 Å². The van der Waals surface area contributed by atoms with E-state index in [0.717, 1.165) is 9.88 Å². The van der Waals surface area contributed by atoms with Gasteiger partial charge in [-0.1, -0.05) is 24.3 Å². The van der Waals surface area contributed by atoms with E-state index in [9.17, 15) is 17.6 Å². The lowest BCUT2D eigenvalue weighted by molar-refractivity contribution is -0.117. The number of carbonyl (C=O) groups excluding carboxylic acids is 1. The van der Waals surface area contributed by atoms with Crippen molar-refractivity contribution in [2.45, 2.75) is 19.4 Å². The van der Waals surface area contributed by atoms with Gasteiger partial charge in [0.05, 0.1) is 16.3 Å². The summed E-state index contributed by atoms with van der Waals surface area (Å²) in [5, 5.41) is 4.59. The van der Waals surface area contributed by atoms with E-state index < -0.39 is 21.7 Å². The summed E-state index contributed by atoms with van der Waals surface area (Å²) in [6.45, 7) is 3.20. The highest BCUT2D eigenvalue weighted by atomic mass is 32.2. The van der Waals surface area contributed by atoms with Gasteiger partial charge in [0.2, 0.25) is 5.91 Å². The van der Waals surface area contributed by atoms with Crippen LogP contribution < -0.4 is 9.62 Å². The Morgan fingerprint density at radius 3 is 2.44 bits per heavy atom. The smallest absolute Gasteiger partial charge is 0.297 e. The number of carbonyl (C=O) groups is 1. The van der Waals surface area contributed by atoms with E-state index in [-0.39, 0.29) is 11.6 Å². The number of nitrogens with one attached hydrogen (secondary N) is 1. The fraction of sp³-hybridized carbons (Fsp3) is 0.130. The zero-order valence-electron chi connectivity index (χ0n) is 18.1. The predicted octanol–water partition coefficient (Wildman–Crippen LogP) is 5.54. The average Bonchev–Trinajstić information content (AvgIpc) is 3.45. The Morgan fingerprint density at radius 1 is 1.12 bits per heavy atom. The zero-order valence-corrected chi connectivity index (χ0v) is 20.5. The normalized spacial score (nSPS) is 13.3. The summed E-state index contributed by atoms with van der Waals surface area (Å²) in [7, 11) is -4.44. The maximum atomic E-state index is 14.1. The fourth-order valence-corrected chi connectivity index (χ4v) is 5.95. The maximum Gasteiger partial charge on any atom is 0.357 e. The molecule has 2 aromatic carbocycles. The highest BCUT2D eigenvalue weighted by Gasteiger charge is 2.41. The standard InChI is InChI=1S/C23H20FN3O4S3/c1-15(28)27(19-6-3-5-17(24)13-19)23(2,16-8-10-18(11-9-16)26-34(29,30)31)21-14-33-22(25-21)20-7-4-12-32-20/h3-14,26H,1-2H3,(H,29,30,31)/t23-/m0/s1. The van der Waals surface area contributed by atoms with Crippen molar-refractivity contribution in [2.24, 2.45) is 0 Å². The first kappa shape index (κ1) is 24.0. The van der Waals surface area contributed by atoms with Crippen LogP contribution in [0.5, 0.6) is 0 Å². The van der Waals surface area contributed by atoms with Crippen LogP contribution in [0, 0.1) is 5.82 Å². The molecule has 7 nitrogen and oxygen atoms in total. The second-order valence-corrected chi connectivity index (χ2v) is 10.5. The van der Waals surface area contributed by atoms with Gasteiger partial charge >= 0.3 is 10.3 Å². The van der Waals surface area contributed by atoms with E-state index in [4.69, 9.17) is 9.54 Å². The van der Waals surface area contributed by atoms with E-state index in [1.165, 1.54) is 53.5 Å². The molecule has 176 valence electrons. The number of aromatic nitrogens is 1. The first-order valence-electron chi connectivity index (χ1n) is 10.00. The lowest BCUT2D eigenvalue weighted by atomic mass is 9.86. The lowest BCUT2D eigenvalue weighted by Crippen LogP contribution is -2.48. The number of thiazole rings is 1. The molecule has 4 aromatic rings. The number of amides is 1. The Morgan fingerprint density at radius 2 is 1.85 bits per heavy atom. The van der Waals surface area contributed by atoms with E-state index in [2.05, 4.69) is 0 Å². The van der Waals surface area contributed by atoms with E-state index in [1.807, 2.05) is 27.6 Å². The van der Waals surface area contributed by atoms with Crippen LogP contribution in [0.2, 0.25) is 0 Å². The third kappa shape index (κ3) is 4.87. The Bertz CT molecular complexity index is 1420. The highest BCUT2D eigenvalue weighted by molar-refractivity contribution is 7.87. The van der Waals surface area contributed by atoms with Gasteiger partial charge in [-0.05, 0) is 54.3 Å². The number of nitrogens with zero attached hydrogens (tertiary/aromatic N) is 2. The van der Waals surface area contributed by atoms with Crippen molar-refractivity contribution in [1.82, 2.24) is 4.98 Å². The summed E-state index contributed by atoms with van der Waals surface area (Å²) in [4.78, 5) is 20.3. The van der Waals surface area contributed by atoms with Crippen molar-refractivity contribution in [1.29, 1.82) is 0 Å². The minimum Gasteiger partial charge on any atom is -0.297 e. The number of halogens is 1. The van der Waals surface area contributed by atoms with Crippen molar-refractivity contribution in [3.63, 3.8) is 0 Å². The summed E-state index contributed by atoms with van der Waals surface area (Å²) in [6.07, 6.45) is 0. The Labute approximate surface area is 204 Å². The molecule has 2 N–H and O–H groups in total. The molecule has 0 aliphatic heterocycles. The van der Waals surface area contributed by atoms with Gasteiger partial charge in [0, 0.05) is 18.0 Å². The molecule has 2 heterocycles. The molecule has 0 aliphatic carbocycles. The van der Waals surface area contributed by atoms with Crippen LogP contribution in [0.4, 0.5) is 15.8 Å². The average molecular weight is 518 g/mol. The first-order valence-corrected chi connectivity index (χ1v) is 13.2. The summed E-state index contributed by atoms with van der Waals surface area (Å²) in [5.41, 5.74) is 0.501. The molecule has 0 bridgehead atoms. The predicted molar refractivity (Wildman–Crippen MR) is 133 cm³/mol. The molecule has 0 saturated carbocycles. The van der Waals surface area contributed by atoms with E-state index >= 15 is 0 Å². The number of benzene rings is 2. The molecule has 1 amide bonds. The number of hydrogen-bond acceptors (Lipinski definition) is 6. The molecule has 0 radical (unpaired) electrons. The molecule has 4 rings (SSSR count). The summed E-state index contributed by atoms with van der Waals surface area (Å²) in [5.74, 6) is -0.824. The van der Waals surface area contributed by atoms with Gasteiger partial charge in [0.1, 0.15) is 16.4 Å². The minimum absolute atomic E-state index is 0.145. The van der Waals surface area contributed by atoms with Crippen molar-refractivity contribution in [3.05, 3.63) is 88.5 Å². The van der Waals surface area contributed by atoms with Crippen LogP contribution in [-0.2, 0) is 20.6 Å². The van der Waals surface area contributed by atoms with Crippen LogP contribution in [0.15, 0.2) is 71.4 Å². The first-order chi connectivity index (χ1) is 16.1. The molecular formula is C23H20FN3O4S3. The molecule has 1 atom stereocenters. The van der Waals surface area contributed by atoms with Crippen molar-refractivity contribution < 1.29 is 22.2 Å². The quantitative estimate of drug-likeness (QED) is 0.314. The summed E-state index contributed by atoms with van der Waals surface area (Å²) < 4.78 is 47.6. The Hall–Kier alpha value is -3.12. The topological polar surface area (TPSA) is 99.6 Å². The maximum absolute atomic E-state index is 14.1. The molecule has 0 fully saturated rings. The largest absolute Gasteiger partial charge is 0.357 e. The van der Waals surface area contributed by atoms with Crippen LogP contribution in [0.1, 0.15) is 25.1 Å². The monoisotopic (exact) mass is 517 g/mol. The molecule has 0 unspecified atom stereocenters. The van der Waals surface area contributed by atoms with E-state index in [1.54, 1.807) is 36.5 Å². The van der Waals surface area contributed by atoms with Gasteiger partial charge in [0.25, 0.3) is 0 Å². The second kappa shape index (κ2) is 9.26. The van der Waals surface area contributed by atoms with Crippen molar-refractivity contribution in [2.75, 3.05) is 9.62 Å². The van der Waals surface area contributed by atoms with Gasteiger partial charge in [-0.15, -0.1) is 22.7 Å². The van der Waals surface area contributed by atoms with Gasteiger partial charge in [-0.25, -0.2) is 9.37 Å². The molecule has 0 aliphatic rings. The third-order valence-electron chi connectivity index (χ3n) is 5.26. The summed E-state index contributed by atoms with van der Waals surface area (Å²) in [6, 6.07) is 15.8. The molecule has 0 saturated heterocycles.